The average molecular weight is 191 g/mol. The summed E-state index contributed by atoms with van der Waals surface area (Å²) in [5.41, 5.74) is 0. The van der Waals surface area contributed by atoms with Crippen molar-refractivity contribution in [2.24, 2.45) is 0 Å². The number of aliphatic hydroxyl groups is 1. The fourth-order valence-corrected chi connectivity index (χ4v) is 1.22. The van der Waals surface area contributed by atoms with Gasteiger partial charge in [-0.1, -0.05) is 0 Å². The lowest BCUT2D eigenvalue weighted by Gasteiger charge is -2.18. The number of carbonyl (C=O) groups is 1. The molecule has 72 valence electrons. The fourth-order valence-electron chi connectivity index (χ4n) is 0.763. The molecule has 0 heterocycles. The van der Waals surface area contributed by atoms with Gasteiger partial charge in [0.1, 0.15) is 6.10 Å². The van der Waals surface area contributed by atoms with Crippen LogP contribution in [0.3, 0.4) is 0 Å². The Morgan fingerprint density at radius 3 is 2.67 bits per heavy atom. The van der Waals surface area contributed by atoms with E-state index in [-0.39, 0.29) is 5.91 Å². The van der Waals surface area contributed by atoms with Crippen LogP contribution in [0, 0.1) is 0 Å². The van der Waals surface area contributed by atoms with E-state index in [4.69, 9.17) is 0 Å². The van der Waals surface area contributed by atoms with Gasteiger partial charge in [-0.25, -0.2) is 0 Å². The third-order valence-corrected chi connectivity index (χ3v) is 2.37. The van der Waals surface area contributed by atoms with Gasteiger partial charge in [-0.3, -0.25) is 4.79 Å². The lowest BCUT2D eigenvalue weighted by atomic mass is 10.2. The summed E-state index contributed by atoms with van der Waals surface area (Å²) in [5, 5.41) is 9.35. The first-order chi connectivity index (χ1) is 5.63. The van der Waals surface area contributed by atoms with E-state index in [9.17, 15) is 9.90 Å². The Labute approximate surface area is 78.1 Å². The Bertz CT molecular complexity index is 141. The van der Waals surface area contributed by atoms with Crippen LogP contribution in [0.5, 0.6) is 0 Å². The molecular weight excluding hydrogens is 174 g/mol. The monoisotopic (exact) mass is 191 g/mol. The van der Waals surface area contributed by atoms with Crippen LogP contribution in [0.15, 0.2) is 0 Å². The molecular formula is C8H17NO2S. The van der Waals surface area contributed by atoms with Gasteiger partial charge in [0.05, 0.1) is 0 Å². The van der Waals surface area contributed by atoms with E-state index in [0.717, 1.165) is 5.75 Å². The Kier molecular flexibility index (Phi) is 6.20. The van der Waals surface area contributed by atoms with E-state index in [2.05, 4.69) is 0 Å². The van der Waals surface area contributed by atoms with E-state index in [1.807, 2.05) is 13.2 Å². The summed E-state index contributed by atoms with van der Waals surface area (Å²) in [6.07, 6.45) is 1.69. The first kappa shape index (κ1) is 11.8. The van der Waals surface area contributed by atoms with Crippen LogP contribution in [-0.2, 0) is 4.79 Å². The van der Waals surface area contributed by atoms with Gasteiger partial charge in [0, 0.05) is 13.6 Å². The Balaban J connectivity index is 3.75. The molecule has 0 radical (unpaired) electrons. The number of rotatable bonds is 5. The van der Waals surface area contributed by atoms with Crippen molar-refractivity contribution in [3.05, 3.63) is 0 Å². The minimum absolute atomic E-state index is 0.174. The molecule has 0 bridgehead atoms. The molecule has 3 nitrogen and oxygen atoms in total. The van der Waals surface area contributed by atoms with Gasteiger partial charge in [0.2, 0.25) is 0 Å². The van der Waals surface area contributed by atoms with Crippen molar-refractivity contribution >= 4 is 17.7 Å². The highest BCUT2D eigenvalue weighted by Gasteiger charge is 2.16. The van der Waals surface area contributed by atoms with E-state index < -0.39 is 6.10 Å². The van der Waals surface area contributed by atoms with E-state index in [1.54, 1.807) is 18.8 Å². The largest absolute Gasteiger partial charge is 0.383 e. The van der Waals surface area contributed by atoms with Crippen LogP contribution in [0.1, 0.15) is 13.3 Å². The van der Waals surface area contributed by atoms with Crippen LogP contribution in [0.25, 0.3) is 0 Å². The zero-order valence-electron chi connectivity index (χ0n) is 7.91. The maximum Gasteiger partial charge on any atom is 0.251 e. The van der Waals surface area contributed by atoms with Crippen molar-refractivity contribution in [1.82, 2.24) is 4.90 Å². The topological polar surface area (TPSA) is 40.5 Å². The van der Waals surface area contributed by atoms with Crippen molar-refractivity contribution in [2.45, 2.75) is 19.4 Å². The maximum atomic E-state index is 11.2. The summed E-state index contributed by atoms with van der Waals surface area (Å²) in [7, 11) is 1.70. The zero-order chi connectivity index (χ0) is 9.56. The summed E-state index contributed by atoms with van der Waals surface area (Å²) < 4.78 is 0. The molecule has 0 aliphatic heterocycles. The Morgan fingerprint density at radius 2 is 2.25 bits per heavy atom. The second kappa shape index (κ2) is 6.31. The van der Waals surface area contributed by atoms with Gasteiger partial charge in [0.25, 0.3) is 5.91 Å². The van der Waals surface area contributed by atoms with E-state index in [1.165, 1.54) is 4.90 Å². The predicted octanol–water partition coefficient (Wildman–Crippen LogP) is 0.579. The van der Waals surface area contributed by atoms with Gasteiger partial charge in [0.15, 0.2) is 0 Å². The number of nitrogens with zero attached hydrogens (tertiary/aromatic N) is 1. The lowest BCUT2D eigenvalue weighted by molar-refractivity contribution is -0.138. The molecule has 0 aliphatic carbocycles. The maximum absolute atomic E-state index is 11.2. The van der Waals surface area contributed by atoms with Crippen molar-refractivity contribution in [3.63, 3.8) is 0 Å². The van der Waals surface area contributed by atoms with Crippen molar-refractivity contribution in [3.8, 4) is 0 Å². The average Bonchev–Trinajstić information content (AvgIpc) is 2.11. The molecule has 0 rings (SSSR count). The molecule has 0 aliphatic rings. The first-order valence-electron chi connectivity index (χ1n) is 4.05. The normalized spacial score (nSPS) is 12.7. The highest BCUT2D eigenvalue weighted by atomic mass is 32.2. The van der Waals surface area contributed by atoms with Crippen molar-refractivity contribution < 1.29 is 9.90 Å². The third kappa shape index (κ3) is 3.97. The quantitative estimate of drug-likeness (QED) is 0.691. The van der Waals surface area contributed by atoms with Crippen LogP contribution in [0.2, 0.25) is 0 Å². The number of carbonyl (C=O) groups excluding carboxylic acids is 1. The number of likely N-dealkylation sites (N-methyl/N-ethyl adjacent to an activating group) is 1. The third-order valence-electron chi connectivity index (χ3n) is 1.73. The van der Waals surface area contributed by atoms with Gasteiger partial charge in [-0.2, -0.15) is 11.8 Å². The molecule has 0 saturated heterocycles. The highest BCUT2D eigenvalue weighted by molar-refractivity contribution is 7.98. The van der Waals surface area contributed by atoms with Gasteiger partial charge in [-0.15, -0.1) is 0 Å². The van der Waals surface area contributed by atoms with Crippen LogP contribution < -0.4 is 0 Å². The lowest BCUT2D eigenvalue weighted by Crippen LogP contribution is -2.36. The summed E-state index contributed by atoms with van der Waals surface area (Å²) in [5.74, 6) is 0.649. The molecule has 12 heavy (non-hydrogen) atoms. The second-order valence-corrected chi connectivity index (χ2v) is 3.64. The second-order valence-electron chi connectivity index (χ2n) is 2.65. The number of hydrogen-bond acceptors (Lipinski definition) is 3. The number of aliphatic hydroxyl groups excluding tert-OH is 1. The Morgan fingerprint density at radius 1 is 1.67 bits per heavy atom. The van der Waals surface area contributed by atoms with Crippen LogP contribution >= 0.6 is 11.8 Å². The SMILES string of the molecule is CCN(C)C(=O)C(O)CCSC. The smallest absolute Gasteiger partial charge is 0.251 e. The number of thioether (sulfide) groups is 1. The standard InChI is InChI=1S/C8H17NO2S/c1-4-9(2)8(11)7(10)5-6-12-3/h7,10H,4-6H2,1-3H3. The minimum atomic E-state index is -0.817. The van der Waals surface area contributed by atoms with E-state index in [0.29, 0.717) is 13.0 Å². The highest BCUT2D eigenvalue weighted by Crippen LogP contribution is 2.02. The molecule has 1 N–H and O–H groups in total. The number of hydrogen-bond donors (Lipinski definition) is 1. The van der Waals surface area contributed by atoms with Crippen molar-refractivity contribution in [2.75, 3.05) is 25.6 Å². The molecule has 0 aromatic carbocycles. The summed E-state index contributed by atoms with van der Waals surface area (Å²) in [6.45, 7) is 2.54. The van der Waals surface area contributed by atoms with Gasteiger partial charge < -0.3 is 10.0 Å². The van der Waals surface area contributed by atoms with Gasteiger partial charge in [-0.05, 0) is 25.4 Å². The van der Waals surface area contributed by atoms with Gasteiger partial charge >= 0.3 is 0 Å². The summed E-state index contributed by atoms with van der Waals surface area (Å²) in [6, 6.07) is 0. The number of amides is 1. The molecule has 1 amide bonds. The molecule has 4 heteroatoms. The van der Waals surface area contributed by atoms with Crippen LogP contribution in [-0.4, -0.2) is 47.6 Å². The molecule has 1 unspecified atom stereocenters. The minimum Gasteiger partial charge on any atom is -0.383 e. The first-order valence-corrected chi connectivity index (χ1v) is 5.44. The summed E-state index contributed by atoms with van der Waals surface area (Å²) >= 11 is 1.64. The molecule has 0 aromatic rings. The molecule has 0 fully saturated rings. The Hall–Kier alpha value is -0.220. The zero-order valence-corrected chi connectivity index (χ0v) is 8.73. The molecule has 0 saturated carbocycles. The van der Waals surface area contributed by atoms with E-state index >= 15 is 0 Å². The predicted molar refractivity (Wildman–Crippen MR) is 52.3 cm³/mol. The van der Waals surface area contributed by atoms with Crippen LogP contribution in [0.4, 0.5) is 0 Å². The fraction of sp³-hybridized carbons (Fsp3) is 0.875. The molecule has 0 aromatic heterocycles. The van der Waals surface area contributed by atoms with Crippen molar-refractivity contribution in [1.29, 1.82) is 0 Å². The summed E-state index contributed by atoms with van der Waals surface area (Å²) in [4.78, 5) is 12.8. The molecule has 0 spiro atoms. The molecule has 1 atom stereocenters.